The molecule has 1 aromatic rings. The van der Waals surface area contributed by atoms with Crippen LogP contribution in [0.2, 0.25) is 0 Å². The van der Waals surface area contributed by atoms with Gasteiger partial charge in [-0.15, -0.1) is 0 Å². The minimum Gasteiger partial charge on any atom is -1.00 e. The van der Waals surface area contributed by atoms with Crippen molar-refractivity contribution in [3.63, 3.8) is 0 Å². The molecule has 0 saturated carbocycles. The molecular weight excluding hydrogens is 287 g/mol. The highest BCUT2D eigenvalue weighted by molar-refractivity contribution is 7.86. The Labute approximate surface area is 113 Å². The number of hydrogen-bond donors (Lipinski definition) is 3. The molecule has 7 N–H and O–H groups in total. The Morgan fingerprint density at radius 3 is 1.41 bits per heavy atom. The molecule has 0 aliphatic rings. The molecule has 0 amide bonds. The molecular formula is C9H16Cl2N2O3S. The van der Waals surface area contributed by atoms with Crippen LogP contribution >= 0.6 is 0 Å². The molecule has 0 radical (unpaired) electrons. The third-order valence-electron chi connectivity index (χ3n) is 2.75. The van der Waals surface area contributed by atoms with Crippen molar-refractivity contribution >= 4 is 21.5 Å². The van der Waals surface area contributed by atoms with Crippen LogP contribution in [0, 0.1) is 20.8 Å². The van der Waals surface area contributed by atoms with Gasteiger partial charge in [-0.25, -0.2) is 0 Å². The maximum absolute atomic E-state index is 11.2. The van der Waals surface area contributed by atoms with Crippen molar-refractivity contribution in [2.75, 3.05) is 0 Å². The molecule has 0 spiro atoms. The van der Waals surface area contributed by atoms with Crippen molar-refractivity contribution < 1.29 is 49.3 Å². The SMILES string of the molecule is Cc1c([NH3+])c(C)c(S(=O)(=O)O)c(C)c1[NH3+].[Cl-].[Cl-]. The van der Waals surface area contributed by atoms with E-state index in [1.807, 2.05) is 6.92 Å². The van der Waals surface area contributed by atoms with Gasteiger partial charge in [0.25, 0.3) is 10.1 Å². The van der Waals surface area contributed by atoms with Crippen LogP contribution in [-0.4, -0.2) is 13.0 Å². The van der Waals surface area contributed by atoms with Crippen LogP contribution in [0.4, 0.5) is 11.4 Å². The molecule has 17 heavy (non-hydrogen) atoms. The summed E-state index contributed by atoms with van der Waals surface area (Å²) >= 11 is 0. The van der Waals surface area contributed by atoms with Gasteiger partial charge in [-0.2, -0.15) is 8.42 Å². The van der Waals surface area contributed by atoms with Crippen LogP contribution in [-0.2, 0) is 10.1 Å². The molecule has 0 heterocycles. The first-order valence-electron chi connectivity index (χ1n) is 4.43. The van der Waals surface area contributed by atoms with E-state index < -0.39 is 10.1 Å². The summed E-state index contributed by atoms with van der Waals surface area (Å²) < 4.78 is 31.5. The van der Waals surface area contributed by atoms with E-state index in [1.165, 1.54) is 0 Å². The number of halogens is 2. The van der Waals surface area contributed by atoms with Gasteiger partial charge < -0.3 is 36.3 Å². The summed E-state index contributed by atoms with van der Waals surface area (Å²) in [6.07, 6.45) is 0. The summed E-state index contributed by atoms with van der Waals surface area (Å²) in [5.74, 6) is 0. The minimum atomic E-state index is -4.21. The molecule has 1 aromatic carbocycles. The van der Waals surface area contributed by atoms with Gasteiger partial charge in [0.05, 0.1) is 5.56 Å². The van der Waals surface area contributed by atoms with Gasteiger partial charge >= 0.3 is 0 Å². The fraction of sp³-hybridized carbons (Fsp3) is 0.333. The molecule has 0 unspecified atom stereocenters. The quantitative estimate of drug-likeness (QED) is 0.449. The van der Waals surface area contributed by atoms with Crippen molar-refractivity contribution in [1.29, 1.82) is 0 Å². The molecule has 0 saturated heterocycles. The van der Waals surface area contributed by atoms with Crippen molar-refractivity contribution in [2.24, 2.45) is 0 Å². The first-order valence-corrected chi connectivity index (χ1v) is 5.87. The fourth-order valence-corrected chi connectivity index (χ4v) is 2.71. The van der Waals surface area contributed by atoms with E-state index in [0.717, 1.165) is 5.56 Å². The molecule has 0 atom stereocenters. The topological polar surface area (TPSA) is 110 Å². The van der Waals surface area contributed by atoms with Crippen LogP contribution in [0.5, 0.6) is 0 Å². The number of hydrogen-bond acceptors (Lipinski definition) is 2. The maximum Gasteiger partial charge on any atom is 0.295 e. The number of quaternary nitrogens is 2. The van der Waals surface area contributed by atoms with Crippen LogP contribution in [0.25, 0.3) is 0 Å². The molecule has 0 aliphatic heterocycles. The molecule has 0 aliphatic carbocycles. The van der Waals surface area contributed by atoms with Crippen LogP contribution in [0.15, 0.2) is 4.90 Å². The van der Waals surface area contributed by atoms with Gasteiger partial charge in [-0.1, -0.05) is 0 Å². The second-order valence-corrected chi connectivity index (χ2v) is 4.99. The van der Waals surface area contributed by atoms with Crippen LogP contribution in [0.1, 0.15) is 16.7 Å². The standard InChI is InChI=1S/C9H14N2O3S.2ClH/c1-4-7(10)5(2)9(15(12,13)14)6(3)8(4)11;;/h10-11H2,1-3H3,(H,12,13,14);2*1H. The lowest BCUT2D eigenvalue weighted by molar-refractivity contribution is -0.268. The summed E-state index contributed by atoms with van der Waals surface area (Å²) in [5, 5.41) is 0. The summed E-state index contributed by atoms with van der Waals surface area (Å²) in [6.45, 7) is 5.09. The zero-order chi connectivity index (χ0) is 12.0. The Kier molecular flexibility index (Phi) is 6.69. The summed E-state index contributed by atoms with van der Waals surface area (Å²) in [7, 11) is -4.21. The second kappa shape index (κ2) is 5.99. The highest BCUT2D eigenvalue weighted by atomic mass is 35.5. The Bertz CT molecular complexity index is 501. The Hall–Kier alpha value is -0.370. The first kappa shape index (κ1) is 19.0. The third-order valence-corrected chi connectivity index (χ3v) is 3.88. The van der Waals surface area contributed by atoms with Gasteiger partial charge in [0, 0.05) is 11.1 Å². The van der Waals surface area contributed by atoms with Gasteiger partial charge in [0.15, 0.2) is 0 Å². The zero-order valence-corrected chi connectivity index (χ0v) is 12.2. The van der Waals surface area contributed by atoms with E-state index in [-0.39, 0.29) is 29.7 Å². The van der Waals surface area contributed by atoms with E-state index in [1.54, 1.807) is 13.8 Å². The Balaban J connectivity index is 0. The maximum atomic E-state index is 11.2. The van der Waals surface area contributed by atoms with Crippen molar-refractivity contribution in [1.82, 2.24) is 0 Å². The third kappa shape index (κ3) is 3.31. The Morgan fingerprint density at radius 1 is 0.882 bits per heavy atom. The average Bonchev–Trinajstić information content (AvgIpc) is 2.09. The van der Waals surface area contributed by atoms with Crippen molar-refractivity contribution in [2.45, 2.75) is 25.7 Å². The highest BCUT2D eigenvalue weighted by Gasteiger charge is 2.25. The largest absolute Gasteiger partial charge is 1.00 e. The summed E-state index contributed by atoms with van der Waals surface area (Å²) in [4.78, 5) is -0.0666. The minimum absolute atomic E-state index is 0. The van der Waals surface area contributed by atoms with Gasteiger partial charge in [-0.05, 0) is 20.8 Å². The lowest BCUT2D eigenvalue weighted by Gasteiger charge is -2.10. The van der Waals surface area contributed by atoms with E-state index >= 15 is 0 Å². The lowest BCUT2D eigenvalue weighted by Crippen LogP contribution is -3.00. The Morgan fingerprint density at radius 2 is 1.18 bits per heavy atom. The van der Waals surface area contributed by atoms with Crippen molar-refractivity contribution in [3.8, 4) is 0 Å². The molecule has 5 nitrogen and oxygen atoms in total. The normalized spacial score (nSPS) is 10.5. The monoisotopic (exact) mass is 302 g/mol. The fourth-order valence-electron chi connectivity index (χ4n) is 1.69. The van der Waals surface area contributed by atoms with E-state index in [2.05, 4.69) is 11.5 Å². The van der Waals surface area contributed by atoms with E-state index in [9.17, 15) is 8.42 Å². The summed E-state index contributed by atoms with van der Waals surface area (Å²) in [6, 6.07) is 0. The highest BCUT2D eigenvalue weighted by Crippen LogP contribution is 2.31. The van der Waals surface area contributed by atoms with E-state index in [0.29, 0.717) is 22.5 Å². The van der Waals surface area contributed by atoms with Gasteiger partial charge in [0.1, 0.15) is 16.3 Å². The molecule has 100 valence electrons. The van der Waals surface area contributed by atoms with Crippen LogP contribution < -0.4 is 36.3 Å². The summed E-state index contributed by atoms with van der Waals surface area (Å²) in [5.41, 5.74) is 10.6. The molecule has 0 bridgehead atoms. The predicted octanol–water partition coefficient (Wildman–Crippen LogP) is -6.39. The first-order chi connectivity index (χ1) is 6.68. The average molecular weight is 303 g/mol. The number of rotatable bonds is 1. The molecule has 0 fully saturated rings. The van der Waals surface area contributed by atoms with Crippen LogP contribution in [0.3, 0.4) is 0 Å². The number of benzene rings is 1. The zero-order valence-electron chi connectivity index (χ0n) is 9.84. The molecule has 8 heteroatoms. The van der Waals surface area contributed by atoms with Gasteiger partial charge in [-0.3, -0.25) is 4.55 Å². The van der Waals surface area contributed by atoms with Crippen molar-refractivity contribution in [3.05, 3.63) is 16.7 Å². The second-order valence-electron chi connectivity index (χ2n) is 3.64. The van der Waals surface area contributed by atoms with Gasteiger partial charge in [0.2, 0.25) is 0 Å². The smallest absolute Gasteiger partial charge is 0.295 e. The predicted molar refractivity (Wildman–Crippen MR) is 55.6 cm³/mol. The molecule has 1 rings (SSSR count). The van der Waals surface area contributed by atoms with E-state index in [4.69, 9.17) is 4.55 Å². The lowest BCUT2D eigenvalue weighted by atomic mass is 10.0. The molecule has 0 aromatic heterocycles.